The molecular formula is C16H26N2O. The van der Waals surface area contributed by atoms with Gasteiger partial charge in [-0.1, -0.05) is 30.3 Å². The van der Waals surface area contributed by atoms with Gasteiger partial charge in [-0.25, -0.2) is 0 Å². The van der Waals surface area contributed by atoms with Crippen LogP contribution in [-0.4, -0.2) is 43.8 Å². The van der Waals surface area contributed by atoms with Gasteiger partial charge < -0.3 is 10.1 Å². The van der Waals surface area contributed by atoms with Crippen LogP contribution in [0.15, 0.2) is 30.3 Å². The van der Waals surface area contributed by atoms with Crippen molar-refractivity contribution >= 4 is 0 Å². The van der Waals surface area contributed by atoms with Gasteiger partial charge in [0.15, 0.2) is 0 Å². The molecule has 1 heterocycles. The molecule has 1 fully saturated rings. The molecule has 0 radical (unpaired) electrons. The molecule has 1 saturated heterocycles. The first kappa shape index (κ1) is 14.5. The lowest BCUT2D eigenvalue weighted by Gasteiger charge is -2.50. The van der Waals surface area contributed by atoms with E-state index in [1.807, 2.05) is 0 Å². The smallest absolute Gasteiger partial charge is 0.0615 e. The number of nitrogens with one attached hydrogen (secondary N) is 1. The highest BCUT2D eigenvalue weighted by Crippen LogP contribution is 2.32. The third kappa shape index (κ3) is 2.99. The standard InChI is InChI=1S/C16H26N2O/c1-13-10-18(14(2)11-19-4)16(3,12-17-13)15-8-6-5-7-9-15/h5-9,13-14,17H,10-12H2,1-4H3. The van der Waals surface area contributed by atoms with Crippen molar-refractivity contribution in [3.8, 4) is 0 Å². The Balaban J connectivity index is 2.29. The summed E-state index contributed by atoms with van der Waals surface area (Å²) in [6.45, 7) is 9.63. The molecule has 0 spiro atoms. The van der Waals surface area contributed by atoms with Crippen molar-refractivity contribution in [3.05, 3.63) is 35.9 Å². The maximum absolute atomic E-state index is 5.36. The SMILES string of the molecule is COCC(C)N1CC(C)NCC1(C)c1ccccc1. The molecule has 1 N–H and O–H groups in total. The van der Waals surface area contributed by atoms with Gasteiger partial charge in [-0.3, -0.25) is 4.90 Å². The fraction of sp³-hybridized carbons (Fsp3) is 0.625. The van der Waals surface area contributed by atoms with Crippen LogP contribution in [0.3, 0.4) is 0 Å². The molecule has 0 amide bonds. The van der Waals surface area contributed by atoms with Crippen LogP contribution in [0.5, 0.6) is 0 Å². The molecule has 0 aliphatic carbocycles. The van der Waals surface area contributed by atoms with Crippen LogP contribution in [0, 0.1) is 0 Å². The minimum atomic E-state index is 0.0334. The lowest BCUT2D eigenvalue weighted by molar-refractivity contribution is -0.0100. The molecule has 1 aliphatic rings. The van der Waals surface area contributed by atoms with Crippen molar-refractivity contribution in [3.63, 3.8) is 0 Å². The summed E-state index contributed by atoms with van der Waals surface area (Å²) in [6.07, 6.45) is 0. The zero-order valence-corrected chi connectivity index (χ0v) is 12.5. The highest BCUT2D eigenvalue weighted by Gasteiger charge is 2.40. The topological polar surface area (TPSA) is 24.5 Å². The second-order valence-electron chi connectivity index (χ2n) is 5.88. The maximum Gasteiger partial charge on any atom is 0.0615 e. The zero-order chi connectivity index (χ0) is 13.9. The van der Waals surface area contributed by atoms with Gasteiger partial charge in [0.2, 0.25) is 0 Å². The van der Waals surface area contributed by atoms with Crippen LogP contribution in [-0.2, 0) is 10.3 Å². The predicted molar refractivity (Wildman–Crippen MR) is 79.3 cm³/mol. The second kappa shape index (κ2) is 6.04. The lowest BCUT2D eigenvalue weighted by atomic mass is 9.86. The summed E-state index contributed by atoms with van der Waals surface area (Å²) < 4.78 is 5.36. The van der Waals surface area contributed by atoms with Gasteiger partial charge in [-0.2, -0.15) is 0 Å². The van der Waals surface area contributed by atoms with Gasteiger partial charge in [-0.15, -0.1) is 0 Å². The average Bonchev–Trinajstić information content (AvgIpc) is 2.43. The van der Waals surface area contributed by atoms with Gasteiger partial charge in [-0.05, 0) is 26.3 Å². The normalized spacial score (nSPS) is 30.2. The van der Waals surface area contributed by atoms with Gasteiger partial charge in [0, 0.05) is 32.3 Å². The summed E-state index contributed by atoms with van der Waals surface area (Å²) in [5.74, 6) is 0. The number of hydrogen-bond acceptors (Lipinski definition) is 3. The van der Waals surface area contributed by atoms with Gasteiger partial charge in [0.05, 0.1) is 12.1 Å². The molecule has 2 rings (SSSR count). The summed E-state index contributed by atoms with van der Waals surface area (Å²) in [5.41, 5.74) is 1.41. The van der Waals surface area contributed by atoms with E-state index in [1.165, 1.54) is 5.56 Å². The van der Waals surface area contributed by atoms with E-state index in [4.69, 9.17) is 4.74 Å². The maximum atomic E-state index is 5.36. The molecule has 0 saturated carbocycles. The Hall–Kier alpha value is -0.900. The second-order valence-corrected chi connectivity index (χ2v) is 5.88. The molecule has 19 heavy (non-hydrogen) atoms. The molecule has 0 aromatic heterocycles. The number of benzene rings is 1. The molecule has 1 aromatic rings. The van der Waals surface area contributed by atoms with Gasteiger partial charge in [0.1, 0.15) is 0 Å². The average molecular weight is 262 g/mol. The van der Waals surface area contributed by atoms with Crippen molar-refractivity contribution in [2.24, 2.45) is 0 Å². The van der Waals surface area contributed by atoms with E-state index in [0.717, 1.165) is 19.7 Å². The van der Waals surface area contributed by atoms with Crippen molar-refractivity contribution in [2.45, 2.75) is 38.4 Å². The number of ether oxygens (including phenoxy) is 1. The number of methoxy groups -OCH3 is 1. The van der Waals surface area contributed by atoms with Crippen molar-refractivity contribution < 1.29 is 4.74 Å². The molecule has 1 aliphatic heterocycles. The first-order valence-electron chi connectivity index (χ1n) is 7.12. The van der Waals surface area contributed by atoms with E-state index in [9.17, 15) is 0 Å². The largest absolute Gasteiger partial charge is 0.383 e. The molecule has 3 heteroatoms. The minimum Gasteiger partial charge on any atom is -0.383 e. The Bertz CT molecular complexity index is 395. The Morgan fingerprint density at radius 2 is 2.11 bits per heavy atom. The number of piperazine rings is 1. The monoisotopic (exact) mass is 262 g/mol. The number of hydrogen-bond donors (Lipinski definition) is 1. The van der Waals surface area contributed by atoms with Crippen LogP contribution >= 0.6 is 0 Å². The predicted octanol–water partition coefficient (Wildman–Crippen LogP) is 2.23. The number of nitrogens with zero attached hydrogens (tertiary/aromatic N) is 1. The van der Waals surface area contributed by atoms with E-state index >= 15 is 0 Å². The van der Waals surface area contributed by atoms with Crippen molar-refractivity contribution in [1.82, 2.24) is 10.2 Å². The van der Waals surface area contributed by atoms with E-state index in [-0.39, 0.29) is 5.54 Å². The fourth-order valence-corrected chi connectivity index (χ4v) is 3.10. The van der Waals surface area contributed by atoms with Crippen LogP contribution < -0.4 is 5.32 Å². The fourth-order valence-electron chi connectivity index (χ4n) is 3.10. The minimum absolute atomic E-state index is 0.0334. The quantitative estimate of drug-likeness (QED) is 0.900. The third-order valence-electron chi connectivity index (χ3n) is 4.23. The Kier molecular flexibility index (Phi) is 4.61. The van der Waals surface area contributed by atoms with Crippen LogP contribution in [0.1, 0.15) is 26.3 Å². The summed E-state index contributed by atoms with van der Waals surface area (Å²) in [7, 11) is 1.78. The van der Waals surface area contributed by atoms with Crippen LogP contribution in [0.25, 0.3) is 0 Å². The van der Waals surface area contributed by atoms with Crippen molar-refractivity contribution in [1.29, 1.82) is 0 Å². The Morgan fingerprint density at radius 3 is 2.74 bits per heavy atom. The molecular weight excluding hydrogens is 236 g/mol. The summed E-state index contributed by atoms with van der Waals surface area (Å²) in [6, 6.07) is 11.7. The molecule has 3 nitrogen and oxygen atoms in total. The van der Waals surface area contributed by atoms with E-state index < -0.39 is 0 Å². The molecule has 0 bridgehead atoms. The summed E-state index contributed by atoms with van der Waals surface area (Å²) >= 11 is 0. The highest BCUT2D eigenvalue weighted by atomic mass is 16.5. The molecule has 3 atom stereocenters. The van der Waals surface area contributed by atoms with Gasteiger partial charge >= 0.3 is 0 Å². The molecule has 1 aromatic carbocycles. The van der Waals surface area contributed by atoms with E-state index in [1.54, 1.807) is 7.11 Å². The van der Waals surface area contributed by atoms with E-state index in [2.05, 4.69) is 61.3 Å². The third-order valence-corrected chi connectivity index (χ3v) is 4.23. The highest BCUT2D eigenvalue weighted by molar-refractivity contribution is 5.25. The van der Waals surface area contributed by atoms with Crippen LogP contribution in [0.2, 0.25) is 0 Å². The van der Waals surface area contributed by atoms with Crippen LogP contribution in [0.4, 0.5) is 0 Å². The van der Waals surface area contributed by atoms with E-state index in [0.29, 0.717) is 12.1 Å². The lowest BCUT2D eigenvalue weighted by Crippen LogP contribution is -2.63. The Morgan fingerprint density at radius 1 is 1.42 bits per heavy atom. The van der Waals surface area contributed by atoms with Crippen molar-refractivity contribution in [2.75, 3.05) is 26.8 Å². The van der Waals surface area contributed by atoms with Gasteiger partial charge in [0.25, 0.3) is 0 Å². The first-order chi connectivity index (χ1) is 9.08. The molecule has 106 valence electrons. The molecule has 3 unspecified atom stereocenters. The number of rotatable bonds is 4. The summed E-state index contributed by atoms with van der Waals surface area (Å²) in [5, 5.41) is 3.62. The first-order valence-corrected chi connectivity index (χ1v) is 7.12. The zero-order valence-electron chi connectivity index (χ0n) is 12.5. The summed E-state index contributed by atoms with van der Waals surface area (Å²) in [4.78, 5) is 2.58. The Labute approximate surface area is 116 Å².